The molecule has 0 spiro atoms. The van der Waals surface area contributed by atoms with Gasteiger partial charge in [-0.05, 0) is 24.3 Å². The van der Waals surface area contributed by atoms with Crippen molar-refractivity contribution < 1.29 is 13.9 Å². The Balaban J connectivity index is 1.66. The van der Waals surface area contributed by atoms with E-state index < -0.39 is 5.97 Å². The Hall–Kier alpha value is -3.09. The molecule has 1 N–H and O–H groups in total. The third-order valence-corrected chi connectivity index (χ3v) is 3.20. The number of halogens is 1. The van der Waals surface area contributed by atoms with Gasteiger partial charge in [0.15, 0.2) is 0 Å². The van der Waals surface area contributed by atoms with Crippen LogP contribution >= 0.6 is 0 Å². The van der Waals surface area contributed by atoms with Crippen LogP contribution in [0.2, 0.25) is 0 Å². The summed E-state index contributed by atoms with van der Waals surface area (Å²) in [6, 6.07) is 5.77. The van der Waals surface area contributed by atoms with Gasteiger partial charge in [0.1, 0.15) is 11.4 Å². The molecule has 7 heteroatoms. The van der Waals surface area contributed by atoms with E-state index in [1.807, 2.05) is 0 Å². The van der Waals surface area contributed by atoms with E-state index in [0.717, 1.165) is 5.69 Å². The highest BCUT2D eigenvalue weighted by Gasteiger charge is 2.16. The van der Waals surface area contributed by atoms with Gasteiger partial charge < -0.3 is 4.74 Å². The SMILES string of the molecule is O=C(OCCc1cnccn1)c1cn[nH]c1-c1ccc(F)cc1. The number of carbonyl (C=O) groups excluding carboxylic acids is 1. The van der Waals surface area contributed by atoms with Crippen molar-refractivity contribution in [2.45, 2.75) is 6.42 Å². The normalized spacial score (nSPS) is 10.5. The third kappa shape index (κ3) is 3.57. The molecule has 2 aromatic heterocycles. The van der Waals surface area contributed by atoms with Gasteiger partial charge in [-0.25, -0.2) is 9.18 Å². The van der Waals surface area contributed by atoms with Gasteiger partial charge in [-0.3, -0.25) is 15.1 Å². The van der Waals surface area contributed by atoms with Crippen LogP contribution < -0.4 is 0 Å². The Labute approximate surface area is 131 Å². The summed E-state index contributed by atoms with van der Waals surface area (Å²) in [5.74, 6) is -0.844. The molecule has 0 aliphatic rings. The van der Waals surface area contributed by atoms with Crippen LogP contribution in [0.5, 0.6) is 0 Å². The minimum atomic E-state index is -0.498. The van der Waals surface area contributed by atoms with E-state index in [2.05, 4.69) is 20.2 Å². The summed E-state index contributed by atoms with van der Waals surface area (Å²) in [5.41, 5.74) is 2.20. The van der Waals surface area contributed by atoms with Crippen molar-refractivity contribution >= 4 is 5.97 Å². The van der Waals surface area contributed by atoms with Crippen molar-refractivity contribution in [2.75, 3.05) is 6.61 Å². The van der Waals surface area contributed by atoms with Gasteiger partial charge in [-0.15, -0.1) is 0 Å². The topological polar surface area (TPSA) is 80.8 Å². The van der Waals surface area contributed by atoms with E-state index >= 15 is 0 Å². The summed E-state index contributed by atoms with van der Waals surface area (Å²) in [4.78, 5) is 20.2. The maximum atomic E-state index is 13.0. The molecule has 0 saturated heterocycles. The number of benzene rings is 1. The highest BCUT2D eigenvalue weighted by Crippen LogP contribution is 2.22. The number of hydrogen-bond acceptors (Lipinski definition) is 5. The van der Waals surface area contributed by atoms with Gasteiger partial charge in [-0.1, -0.05) is 0 Å². The molecular formula is C16H13FN4O2. The number of esters is 1. The fraction of sp³-hybridized carbons (Fsp3) is 0.125. The van der Waals surface area contributed by atoms with Gasteiger partial charge in [0.25, 0.3) is 0 Å². The second kappa shape index (κ2) is 6.78. The molecule has 2 heterocycles. The molecule has 0 aliphatic heterocycles. The molecule has 3 aromatic rings. The Morgan fingerprint density at radius 2 is 2.00 bits per heavy atom. The van der Waals surface area contributed by atoms with Gasteiger partial charge in [-0.2, -0.15) is 5.10 Å². The van der Waals surface area contributed by atoms with Crippen LogP contribution in [0.1, 0.15) is 16.1 Å². The number of rotatable bonds is 5. The average molecular weight is 312 g/mol. The molecule has 0 amide bonds. The monoisotopic (exact) mass is 312 g/mol. The van der Waals surface area contributed by atoms with Crippen LogP contribution in [0, 0.1) is 5.82 Å². The molecule has 23 heavy (non-hydrogen) atoms. The number of ether oxygens (including phenoxy) is 1. The van der Waals surface area contributed by atoms with Crippen molar-refractivity contribution in [3.8, 4) is 11.3 Å². The summed E-state index contributed by atoms with van der Waals surface area (Å²) in [7, 11) is 0. The Morgan fingerprint density at radius 1 is 1.17 bits per heavy atom. The first-order chi connectivity index (χ1) is 11.2. The number of hydrogen-bond donors (Lipinski definition) is 1. The fourth-order valence-electron chi connectivity index (χ4n) is 2.06. The van der Waals surface area contributed by atoms with Crippen LogP contribution in [0.3, 0.4) is 0 Å². The lowest BCUT2D eigenvalue weighted by Gasteiger charge is -2.05. The zero-order valence-corrected chi connectivity index (χ0v) is 12.1. The first-order valence-corrected chi connectivity index (χ1v) is 6.95. The van der Waals surface area contributed by atoms with E-state index in [-0.39, 0.29) is 12.4 Å². The number of nitrogens with one attached hydrogen (secondary N) is 1. The van der Waals surface area contributed by atoms with E-state index in [1.54, 1.807) is 30.7 Å². The first kappa shape index (κ1) is 14.8. The van der Waals surface area contributed by atoms with Crippen molar-refractivity contribution in [3.05, 3.63) is 66.1 Å². The molecule has 0 unspecified atom stereocenters. The number of aromatic nitrogens is 4. The number of nitrogens with zero attached hydrogens (tertiary/aromatic N) is 3. The zero-order valence-electron chi connectivity index (χ0n) is 12.1. The van der Waals surface area contributed by atoms with Crippen molar-refractivity contribution in [1.29, 1.82) is 0 Å². The van der Waals surface area contributed by atoms with Gasteiger partial charge in [0.2, 0.25) is 0 Å². The summed E-state index contributed by atoms with van der Waals surface area (Å²) in [6.07, 6.45) is 6.65. The Kier molecular flexibility index (Phi) is 4.37. The lowest BCUT2D eigenvalue weighted by atomic mass is 10.1. The highest BCUT2D eigenvalue weighted by atomic mass is 19.1. The van der Waals surface area contributed by atoms with Crippen molar-refractivity contribution in [2.24, 2.45) is 0 Å². The molecule has 0 atom stereocenters. The highest BCUT2D eigenvalue weighted by molar-refractivity contribution is 5.95. The van der Waals surface area contributed by atoms with Crippen LogP contribution in [0.25, 0.3) is 11.3 Å². The maximum Gasteiger partial charge on any atom is 0.341 e. The molecule has 0 radical (unpaired) electrons. The van der Waals surface area contributed by atoms with E-state index in [0.29, 0.717) is 23.2 Å². The quantitative estimate of drug-likeness (QED) is 0.732. The second-order valence-electron chi connectivity index (χ2n) is 4.75. The van der Waals surface area contributed by atoms with Crippen LogP contribution in [0.4, 0.5) is 4.39 Å². The molecular weight excluding hydrogens is 299 g/mol. The number of H-pyrrole nitrogens is 1. The standard InChI is InChI=1S/C16H13FN4O2/c17-12-3-1-11(2-4-12)15-14(10-20-21-15)16(22)23-8-5-13-9-18-6-7-19-13/h1-4,6-7,9-10H,5,8H2,(H,20,21). The van der Waals surface area contributed by atoms with Gasteiger partial charge in [0, 0.05) is 30.6 Å². The van der Waals surface area contributed by atoms with E-state index in [9.17, 15) is 9.18 Å². The molecule has 0 fully saturated rings. The summed E-state index contributed by atoms with van der Waals surface area (Å²) in [6.45, 7) is 0.186. The number of aromatic amines is 1. The molecule has 6 nitrogen and oxygen atoms in total. The predicted octanol–water partition coefficient (Wildman–Crippen LogP) is 2.41. The van der Waals surface area contributed by atoms with Crippen molar-refractivity contribution in [1.82, 2.24) is 20.2 Å². The Bertz CT molecular complexity index is 787. The maximum absolute atomic E-state index is 13.0. The number of carbonyl (C=O) groups is 1. The molecule has 0 saturated carbocycles. The lowest BCUT2D eigenvalue weighted by Crippen LogP contribution is -2.09. The minimum absolute atomic E-state index is 0.186. The lowest BCUT2D eigenvalue weighted by molar-refractivity contribution is 0.0509. The second-order valence-corrected chi connectivity index (χ2v) is 4.75. The van der Waals surface area contributed by atoms with Crippen LogP contribution in [-0.2, 0) is 11.2 Å². The molecule has 3 rings (SSSR count). The predicted molar refractivity (Wildman–Crippen MR) is 80.0 cm³/mol. The van der Waals surface area contributed by atoms with Crippen molar-refractivity contribution in [3.63, 3.8) is 0 Å². The third-order valence-electron chi connectivity index (χ3n) is 3.20. The molecule has 116 valence electrons. The zero-order chi connectivity index (χ0) is 16.1. The minimum Gasteiger partial charge on any atom is -0.462 e. The fourth-order valence-corrected chi connectivity index (χ4v) is 2.06. The first-order valence-electron chi connectivity index (χ1n) is 6.95. The average Bonchev–Trinajstić information content (AvgIpc) is 3.06. The van der Waals surface area contributed by atoms with Gasteiger partial charge in [0.05, 0.1) is 24.2 Å². The van der Waals surface area contributed by atoms with Crippen LogP contribution in [0.15, 0.2) is 49.1 Å². The molecule has 0 aliphatic carbocycles. The summed E-state index contributed by atoms with van der Waals surface area (Å²) < 4.78 is 18.2. The summed E-state index contributed by atoms with van der Waals surface area (Å²) in [5, 5.41) is 6.60. The summed E-state index contributed by atoms with van der Waals surface area (Å²) >= 11 is 0. The molecule has 0 bridgehead atoms. The largest absolute Gasteiger partial charge is 0.462 e. The Morgan fingerprint density at radius 3 is 2.74 bits per heavy atom. The van der Waals surface area contributed by atoms with Crippen LogP contribution in [-0.4, -0.2) is 32.7 Å². The van der Waals surface area contributed by atoms with E-state index in [1.165, 1.54) is 18.3 Å². The smallest absolute Gasteiger partial charge is 0.341 e. The molecule has 1 aromatic carbocycles. The van der Waals surface area contributed by atoms with E-state index in [4.69, 9.17) is 4.74 Å². The van der Waals surface area contributed by atoms with Gasteiger partial charge >= 0.3 is 5.97 Å².